The Balaban J connectivity index is 1.72. The summed E-state index contributed by atoms with van der Waals surface area (Å²) < 4.78 is 44.7. The van der Waals surface area contributed by atoms with Gasteiger partial charge in [-0.3, -0.25) is 4.79 Å². The Morgan fingerprint density at radius 1 is 1.19 bits per heavy atom. The third-order valence-corrected chi connectivity index (χ3v) is 4.89. The van der Waals surface area contributed by atoms with Gasteiger partial charge in [0.15, 0.2) is 0 Å². The molecule has 1 aliphatic heterocycles. The highest BCUT2D eigenvalue weighted by atomic mass is 19.4. The molecule has 2 amide bonds. The SMILES string of the molecule is CC(C)(C)OC1CC(CCNC(=O)N2C[C@@H](C(F)(F)F)[C@H](C(=O)O)C2)C1. The second-order valence-electron chi connectivity index (χ2n) is 8.21. The van der Waals surface area contributed by atoms with Crippen molar-refractivity contribution < 1.29 is 32.6 Å². The van der Waals surface area contributed by atoms with E-state index in [-0.39, 0.29) is 11.7 Å². The van der Waals surface area contributed by atoms with E-state index in [1.807, 2.05) is 20.8 Å². The maximum absolute atomic E-state index is 12.9. The van der Waals surface area contributed by atoms with Gasteiger partial charge in [-0.05, 0) is 46.0 Å². The summed E-state index contributed by atoms with van der Waals surface area (Å²) >= 11 is 0. The van der Waals surface area contributed by atoms with Gasteiger partial charge >= 0.3 is 18.2 Å². The molecule has 1 aliphatic carbocycles. The highest BCUT2D eigenvalue weighted by Gasteiger charge is 2.53. The van der Waals surface area contributed by atoms with Gasteiger partial charge in [-0.15, -0.1) is 0 Å². The van der Waals surface area contributed by atoms with Crippen molar-refractivity contribution in [2.24, 2.45) is 17.8 Å². The summed E-state index contributed by atoms with van der Waals surface area (Å²) in [4.78, 5) is 24.0. The number of halogens is 3. The zero-order valence-electron chi connectivity index (χ0n) is 15.3. The third kappa shape index (κ3) is 5.49. The zero-order chi connectivity index (χ0) is 19.7. The van der Waals surface area contributed by atoms with Crippen molar-refractivity contribution in [1.82, 2.24) is 10.2 Å². The number of carboxylic acids is 1. The minimum Gasteiger partial charge on any atom is -0.481 e. The third-order valence-electron chi connectivity index (χ3n) is 4.89. The first-order valence-electron chi connectivity index (χ1n) is 8.87. The first kappa shape index (κ1) is 20.8. The summed E-state index contributed by atoms with van der Waals surface area (Å²) in [5, 5.41) is 11.6. The van der Waals surface area contributed by atoms with Crippen molar-refractivity contribution in [3.8, 4) is 0 Å². The molecule has 0 unspecified atom stereocenters. The molecule has 2 atom stereocenters. The molecule has 2 rings (SSSR count). The summed E-state index contributed by atoms with van der Waals surface area (Å²) in [5.74, 6) is -4.73. The quantitative estimate of drug-likeness (QED) is 0.769. The number of urea groups is 1. The number of likely N-dealkylation sites (tertiary alicyclic amines) is 1. The van der Waals surface area contributed by atoms with Crippen LogP contribution >= 0.6 is 0 Å². The smallest absolute Gasteiger partial charge is 0.394 e. The standard InChI is InChI=1S/C17H27F3N2O4/c1-16(2,3)26-11-6-10(7-11)4-5-21-15(25)22-8-12(14(23)24)13(9-22)17(18,19)20/h10-13H,4-9H2,1-3H3,(H,21,25)(H,23,24)/t10?,11?,12-,13-/m1/s1. The van der Waals surface area contributed by atoms with Crippen LogP contribution in [0.25, 0.3) is 0 Å². The van der Waals surface area contributed by atoms with Crippen molar-refractivity contribution in [3.05, 3.63) is 0 Å². The van der Waals surface area contributed by atoms with E-state index in [1.165, 1.54) is 0 Å². The van der Waals surface area contributed by atoms with Crippen LogP contribution in [-0.4, -0.2) is 59.5 Å². The molecule has 1 saturated heterocycles. The van der Waals surface area contributed by atoms with Crippen molar-refractivity contribution in [1.29, 1.82) is 0 Å². The first-order valence-corrected chi connectivity index (χ1v) is 8.87. The van der Waals surface area contributed by atoms with Gasteiger partial charge in [-0.2, -0.15) is 13.2 Å². The Kier molecular flexibility index (Phi) is 6.09. The molecule has 0 radical (unpaired) electrons. The number of hydrogen-bond acceptors (Lipinski definition) is 3. The van der Waals surface area contributed by atoms with Gasteiger partial charge in [0.25, 0.3) is 0 Å². The van der Waals surface area contributed by atoms with E-state index in [0.717, 1.165) is 24.2 Å². The van der Waals surface area contributed by atoms with E-state index in [4.69, 9.17) is 9.84 Å². The zero-order valence-corrected chi connectivity index (χ0v) is 15.3. The first-order chi connectivity index (χ1) is 11.9. The van der Waals surface area contributed by atoms with Crippen LogP contribution in [0.4, 0.5) is 18.0 Å². The number of alkyl halides is 3. The van der Waals surface area contributed by atoms with Crippen LogP contribution in [0.15, 0.2) is 0 Å². The van der Waals surface area contributed by atoms with E-state index in [1.54, 1.807) is 0 Å². The van der Waals surface area contributed by atoms with Gasteiger partial charge in [-0.1, -0.05) is 0 Å². The van der Waals surface area contributed by atoms with Crippen LogP contribution in [0, 0.1) is 17.8 Å². The monoisotopic (exact) mass is 380 g/mol. The minimum atomic E-state index is -4.63. The van der Waals surface area contributed by atoms with Gasteiger partial charge in [0, 0.05) is 19.6 Å². The van der Waals surface area contributed by atoms with Gasteiger partial charge < -0.3 is 20.1 Å². The predicted molar refractivity (Wildman–Crippen MR) is 87.6 cm³/mol. The van der Waals surface area contributed by atoms with Crippen molar-refractivity contribution in [3.63, 3.8) is 0 Å². The molecule has 2 N–H and O–H groups in total. The summed E-state index contributed by atoms with van der Waals surface area (Å²) in [7, 11) is 0. The second-order valence-corrected chi connectivity index (χ2v) is 8.21. The Labute approximate surface area is 151 Å². The summed E-state index contributed by atoms with van der Waals surface area (Å²) in [5.41, 5.74) is -0.185. The summed E-state index contributed by atoms with van der Waals surface area (Å²) in [6.45, 7) is 5.31. The van der Waals surface area contributed by atoms with E-state index in [0.29, 0.717) is 12.5 Å². The molecular formula is C17H27F3N2O4. The molecule has 2 fully saturated rings. The van der Waals surface area contributed by atoms with Crippen LogP contribution in [0.2, 0.25) is 0 Å². The number of carbonyl (C=O) groups is 2. The van der Waals surface area contributed by atoms with E-state index in [9.17, 15) is 22.8 Å². The molecule has 1 heterocycles. The fraction of sp³-hybridized carbons (Fsp3) is 0.882. The van der Waals surface area contributed by atoms with Gasteiger partial charge in [-0.25, -0.2) is 4.79 Å². The fourth-order valence-electron chi connectivity index (χ4n) is 3.55. The fourth-order valence-corrected chi connectivity index (χ4v) is 3.55. The summed E-state index contributed by atoms with van der Waals surface area (Å²) in [6.07, 6.45) is -1.86. The molecule has 26 heavy (non-hydrogen) atoms. The largest absolute Gasteiger partial charge is 0.481 e. The van der Waals surface area contributed by atoms with Gasteiger partial charge in [0.05, 0.1) is 23.5 Å². The highest BCUT2D eigenvalue weighted by Crippen LogP contribution is 2.38. The molecule has 2 aliphatic rings. The maximum atomic E-state index is 12.9. The molecule has 9 heteroatoms. The number of rotatable bonds is 5. The van der Waals surface area contributed by atoms with Crippen LogP contribution in [0.1, 0.15) is 40.0 Å². The molecule has 0 aromatic heterocycles. The van der Waals surface area contributed by atoms with Gasteiger partial charge in [0.2, 0.25) is 0 Å². The van der Waals surface area contributed by atoms with Crippen LogP contribution < -0.4 is 5.32 Å². The molecule has 0 bridgehead atoms. The number of nitrogens with one attached hydrogen (secondary N) is 1. The van der Waals surface area contributed by atoms with Crippen molar-refractivity contribution in [2.45, 2.75) is 57.9 Å². The van der Waals surface area contributed by atoms with Crippen LogP contribution in [0.3, 0.4) is 0 Å². The molecule has 0 spiro atoms. The Bertz CT molecular complexity index is 527. The van der Waals surface area contributed by atoms with E-state index < -0.39 is 43.1 Å². The Morgan fingerprint density at radius 2 is 1.81 bits per heavy atom. The lowest BCUT2D eigenvalue weighted by atomic mass is 9.79. The van der Waals surface area contributed by atoms with E-state index >= 15 is 0 Å². The lowest BCUT2D eigenvalue weighted by Gasteiger charge is -2.39. The maximum Gasteiger partial charge on any atom is 0.394 e. The minimum absolute atomic E-state index is 0.185. The number of nitrogens with zero attached hydrogens (tertiary/aromatic N) is 1. The molecular weight excluding hydrogens is 353 g/mol. The number of amides is 2. The Hall–Kier alpha value is -1.51. The molecule has 6 nitrogen and oxygen atoms in total. The average molecular weight is 380 g/mol. The average Bonchev–Trinajstić information content (AvgIpc) is 2.88. The molecule has 0 aromatic rings. The van der Waals surface area contributed by atoms with Crippen molar-refractivity contribution in [2.75, 3.05) is 19.6 Å². The van der Waals surface area contributed by atoms with Gasteiger partial charge in [0.1, 0.15) is 0 Å². The number of hydrogen-bond donors (Lipinski definition) is 2. The number of carboxylic acid groups (broad SMARTS) is 1. The number of aliphatic carboxylic acids is 1. The lowest BCUT2D eigenvalue weighted by Crippen LogP contribution is -2.42. The highest BCUT2D eigenvalue weighted by molar-refractivity contribution is 5.77. The molecule has 150 valence electrons. The Morgan fingerprint density at radius 3 is 2.27 bits per heavy atom. The number of carbonyl (C=O) groups excluding carboxylic acids is 1. The lowest BCUT2D eigenvalue weighted by molar-refractivity contribution is -0.187. The second kappa shape index (κ2) is 7.62. The van der Waals surface area contributed by atoms with Crippen LogP contribution in [-0.2, 0) is 9.53 Å². The van der Waals surface area contributed by atoms with E-state index in [2.05, 4.69) is 5.32 Å². The molecule has 1 saturated carbocycles. The topological polar surface area (TPSA) is 78.9 Å². The van der Waals surface area contributed by atoms with Crippen molar-refractivity contribution >= 4 is 12.0 Å². The molecule has 0 aromatic carbocycles. The normalized spacial score (nSPS) is 29.4. The van der Waals surface area contributed by atoms with Crippen LogP contribution in [0.5, 0.6) is 0 Å². The summed E-state index contributed by atoms with van der Waals surface area (Å²) in [6, 6.07) is -0.634. The predicted octanol–water partition coefficient (Wildman–Crippen LogP) is 2.87. The number of ether oxygens (including phenoxy) is 1.